The minimum Gasteiger partial charge on any atom is -0.497 e. The topological polar surface area (TPSA) is 106 Å². The largest absolute Gasteiger partial charge is 0.497 e. The van der Waals surface area contributed by atoms with Crippen LogP contribution < -0.4 is 14.2 Å². The molecule has 30 heavy (non-hydrogen) atoms. The zero-order valence-electron chi connectivity index (χ0n) is 16.9. The highest BCUT2D eigenvalue weighted by Gasteiger charge is 2.26. The van der Waals surface area contributed by atoms with Crippen molar-refractivity contribution in [2.45, 2.75) is 11.8 Å². The van der Waals surface area contributed by atoms with Crippen LogP contribution in [-0.4, -0.2) is 32.2 Å². The van der Waals surface area contributed by atoms with Crippen LogP contribution in [-0.2, 0) is 22.8 Å². The first-order valence-corrected chi connectivity index (χ1v) is 10.7. The number of hydrogen-bond acceptors (Lipinski definition) is 6. The van der Waals surface area contributed by atoms with E-state index >= 15 is 0 Å². The van der Waals surface area contributed by atoms with Crippen LogP contribution in [0.1, 0.15) is 28.6 Å². The lowest BCUT2D eigenvalue weighted by molar-refractivity contribution is 0.392. The van der Waals surface area contributed by atoms with Crippen LogP contribution in [0.4, 0.5) is 0 Å². The number of nitriles is 1. The third-order valence-electron chi connectivity index (χ3n) is 4.56. The molecule has 1 unspecified atom stereocenters. The molecule has 0 bridgehead atoms. The molecule has 3 rings (SSSR count). The molecular formula is C21H22N4O4S. The van der Waals surface area contributed by atoms with E-state index in [-0.39, 0.29) is 5.75 Å². The first kappa shape index (κ1) is 21.4. The molecule has 0 aliphatic rings. The summed E-state index contributed by atoms with van der Waals surface area (Å²) in [5.74, 6) is 1.36. The third kappa shape index (κ3) is 4.97. The molecule has 0 radical (unpaired) electrons. The lowest BCUT2D eigenvalue weighted by Crippen LogP contribution is -2.32. The Labute approximate surface area is 175 Å². The van der Waals surface area contributed by atoms with Crippen LogP contribution in [0, 0.1) is 11.3 Å². The number of hydrogen-bond donors (Lipinski definition) is 1. The van der Waals surface area contributed by atoms with Gasteiger partial charge in [0.2, 0.25) is 10.0 Å². The van der Waals surface area contributed by atoms with Crippen molar-refractivity contribution in [2.24, 2.45) is 7.05 Å². The fourth-order valence-electron chi connectivity index (χ4n) is 3.04. The van der Waals surface area contributed by atoms with E-state index in [1.807, 2.05) is 6.07 Å². The van der Waals surface area contributed by atoms with Crippen molar-refractivity contribution in [1.82, 2.24) is 14.3 Å². The molecule has 0 aliphatic carbocycles. The molecule has 0 saturated heterocycles. The number of ether oxygens (including phenoxy) is 2. The molecule has 1 heterocycles. The van der Waals surface area contributed by atoms with Crippen molar-refractivity contribution in [2.75, 3.05) is 14.2 Å². The smallest absolute Gasteiger partial charge is 0.216 e. The molecule has 0 spiro atoms. The molecular weight excluding hydrogens is 404 g/mol. The summed E-state index contributed by atoms with van der Waals surface area (Å²) >= 11 is 0. The predicted octanol–water partition coefficient (Wildman–Crippen LogP) is 2.52. The van der Waals surface area contributed by atoms with E-state index < -0.39 is 16.1 Å². The maximum atomic E-state index is 13.0. The minimum absolute atomic E-state index is 0.235. The van der Waals surface area contributed by atoms with Gasteiger partial charge >= 0.3 is 0 Å². The number of rotatable bonds is 8. The van der Waals surface area contributed by atoms with Gasteiger partial charge in [0.05, 0.1) is 31.6 Å². The quantitative estimate of drug-likeness (QED) is 0.593. The Morgan fingerprint density at radius 2 is 1.77 bits per heavy atom. The predicted molar refractivity (Wildman–Crippen MR) is 112 cm³/mol. The van der Waals surface area contributed by atoms with Crippen LogP contribution in [0.2, 0.25) is 0 Å². The van der Waals surface area contributed by atoms with E-state index in [9.17, 15) is 8.42 Å². The van der Waals surface area contributed by atoms with Crippen molar-refractivity contribution in [3.63, 3.8) is 0 Å². The van der Waals surface area contributed by atoms with E-state index in [0.717, 1.165) is 0 Å². The number of nitrogens with zero attached hydrogens (tertiary/aromatic N) is 3. The summed E-state index contributed by atoms with van der Waals surface area (Å²) in [5.41, 5.74) is 1.67. The number of methoxy groups -OCH3 is 2. The van der Waals surface area contributed by atoms with E-state index in [1.165, 1.54) is 14.2 Å². The van der Waals surface area contributed by atoms with Gasteiger partial charge in [-0.15, -0.1) is 0 Å². The summed E-state index contributed by atoms with van der Waals surface area (Å²) in [6, 6.07) is 12.9. The van der Waals surface area contributed by atoms with E-state index in [4.69, 9.17) is 14.7 Å². The number of imidazole rings is 1. The van der Waals surface area contributed by atoms with Gasteiger partial charge in [-0.2, -0.15) is 9.98 Å². The Kier molecular flexibility index (Phi) is 6.40. The van der Waals surface area contributed by atoms with Crippen molar-refractivity contribution in [1.29, 1.82) is 5.26 Å². The maximum absolute atomic E-state index is 13.0. The van der Waals surface area contributed by atoms with Gasteiger partial charge in [-0.25, -0.2) is 13.4 Å². The summed E-state index contributed by atoms with van der Waals surface area (Å²) < 4.78 is 41.1. The molecule has 156 valence electrons. The number of benzene rings is 2. The van der Waals surface area contributed by atoms with Gasteiger partial charge in [-0.05, 0) is 35.4 Å². The highest BCUT2D eigenvalue weighted by atomic mass is 32.2. The second kappa shape index (κ2) is 8.98. The Morgan fingerprint density at radius 3 is 2.27 bits per heavy atom. The molecule has 9 heteroatoms. The lowest BCUT2D eigenvalue weighted by Gasteiger charge is -2.20. The molecule has 3 aromatic rings. The Balaban J connectivity index is 1.97. The molecule has 0 saturated carbocycles. The molecule has 8 nitrogen and oxygen atoms in total. The summed E-state index contributed by atoms with van der Waals surface area (Å²) in [6.45, 7) is 0. The summed E-state index contributed by atoms with van der Waals surface area (Å²) in [4.78, 5) is 4.34. The van der Waals surface area contributed by atoms with Crippen molar-refractivity contribution >= 4 is 10.0 Å². The van der Waals surface area contributed by atoms with Crippen LogP contribution in [0.15, 0.2) is 54.9 Å². The number of aryl methyl sites for hydroxylation is 1. The minimum atomic E-state index is -3.75. The first-order valence-electron chi connectivity index (χ1n) is 9.04. The monoisotopic (exact) mass is 426 g/mol. The lowest BCUT2D eigenvalue weighted by atomic mass is 10.1. The third-order valence-corrected chi connectivity index (χ3v) is 5.87. The van der Waals surface area contributed by atoms with Crippen LogP contribution in [0.5, 0.6) is 11.5 Å². The summed E-state index contributed by atoms with van der Waals surface area (Å²) in [5, 5.41) is 8.91. The van der Waals surface area contributed by atoms with E-state index in [2.05, 4.69) is 9.71 Å². The molecule has 0 aliphatic heterocycles. The Bertz CT molecular complexity index is 1140. The van der Waals surface area contributed by atoms with Crippen molar-refractivity contribution < 1.29 is 17.9 Å². The highest BCUT2D eigenvalue weighted by molar-refractivity contribution is 7.88. The van der Waals surface area contributed by atoms with Crippen LogP contribution in [0.25, 0.3) is 0 Å². The SMILES string of the molecule is COc1cc(OC)cc(C(NS(=O)(=O)Cc2ccc(C#N)cc2)c2nccn2C)c1. The van der Waals surface area contributed by atoms with Crippen LogP contribution >= 0.6 is 0 Å². The molecule has 1 atom stereocenters. The van der Waals surface area contributed by atoms with Crippen LogP contribution in [0.3, 0.4) is 0 Å². The van der Waals surface area contributed by atoms with Gasteiger partial charge in [0.15, 0.2) is 0 Å². The van der Waals surface area contributed by atoms with Gasteiger partial charge in [0, 0.05) is 25.5 Å². The summed E-state index contributed by atoms with van der Waals surface area (Å²) in [7, 11) is 1.10. The first-order chi connectivity index (χ1) is 14.3. The normalized spacial score (nSPS) is 12.2. The maximum Gasteiger partial charge on any atom is 0.216 e. The second-order valence-electron chi connectivity index (χ2n) is 6.66. The van der Waals surface area contributed by atoms with Gasteiger partial charge in [-0.3, -0.25) is 0 Å². The van der Waals surface area contributed by atoms with E-state index in [1.54, 1.807) is 66.5 Å². The van der Waals surface area contributed by atoms with Gasteiger partial charge in [0.1, 0.15) is 23.4 Å². The summed E-state index contributed by atoms with van der Waals surface area (Å²) in [6.07, 6.45) is 3.35. The van der Waals surface area contributed by atoms with E-state index in [0.29, 0.717) is 34.0 Å². The zero-order valence-corrected chi connectivity index (χ0v) is 17.7. The van der Waals surface area contributed by atoms with Gasteiger partial charge < -0.3 is 14.0 Å². The molecule has 0 fully saturated rings. The fourth-order valence-corrected chi connectivity index (χ4v) is 4.35. The Hall–Kier alpha value is -3.35. The highest BCUT2D eigenvalue weighted by Crippen LogP contribution is 2.30. The zero-order chi connectivity index (χ0) is 21.7. The standard InChI is InChI=1S/C21H22N4O4S/c1-25-9-8-23-21(25)20(17-10-18(28-2)12-19(11-17)29-3)24-30(26,27)14-16-6-4-15(13-22)5-7-16/h4-12,20,24H,14H2,1-3H3. The average Bonchev–Trinajstić information content (AvgIpc) is 3.17. The Morgan fingerprint density at radius 1 is 1.13 bits per heavy atom. The molecule has 1 aromatic heterocycles. The average molecular weight is 426 g/mol. The molecule has 2 aromatic carbocycles. The number of aromatic nitrogens is 2. The molecule has 0 amide bonds. The number of nitrogens with one attached hydrogen (secondary N) is 1. The second-order valence-corrected chi connectivity index (χ2v) is 8.41. The number of sulfonamides is 1. The molecule has 1 N–H and O–H groups in total. The van der Waals surface area contributed by atoms with Crippen molar-refractivity contribution in [3.05, 3.63) is 77.4 Å². The fraction of sp³-hybridized carbons (Fsp3) is 0.238. The van der Waals surface area contributed by atoms with Crippen molar-refractivity contribution in [3.8, 4) is 17.6 Å². The van der Waals surface area contributed by atoms with Gasteiger partial charge in [0.25, 0.3) is 0 Å². The van der Waals surface area contributed by atoms with Gasteiger partial charge in [-0.1, -0.05) is 12.1 Å².